The van der Waals surface area contributed by atoms with Gasteiger partial charge >= 0.3 is 0 Å². The third kappa shape index (κ3) is 1.59. The van der Waals surface area contributed by atoms with Gasteiger partial charge < -0.3 is 0 Å². The van der Waals surface area contributed by atoms with Crippen LogP contribution in [0.2, 0.25) is 0 Å². The molecule has 0 atom stereocenters. The zero-order chi connectivity index (χ0) is 6.69. The summed E-state index contributed by atoms with van der Waals surface area (Å²) in [7, 11) is 0. The van der Waals surface area contributed by atoms with Gasteiger partial charge in [0.1, 0.15) is 11.9 Å². The molecule has 0 aromatic heterocycles. The summed E-state index contributed by atoms with van der Waals surface area (Å²) in [6, 6.07) is 7.60. The maximum absolute atomic E-state index is 12.4. The van der Waals surface area contributed by atoms with Gasteiger partial charge in [-0.2, -0.15) is 5.26 Å². The summed E-state index contributed by atoms with van der Waals surface area (Å²) in [6.07, 6.45) is 0. The molecule has 1 nitrogen and oxygen atoms in total. The van der Waals surface area contributed by atoms with E-state index in [9.17, 15) is 4.39 Å². The fourth-order valence-electron chi connectivity index (χ4n) is 0.552. The van der Waals surface area contributed by atoms with Crippen LogP contribution in [-0.2, 0) is 0 Å². The highest BCUT2D eigenvalue weighted by Gasteiger charge is 1.94. The van der Waals surface area contributed by atoms with Crippen molar-refractivity contribution >= 4 is 8.41 Å². The second-order valence-corrected chi connectivity index (χ2v) is 1.59. The van der Waals surface area contributed by atoms with E-state index in [2.05, 4.69) is 0 Å². The summed E-state index contributed by atoms with van der Waals surface area (Å²) in [6.45, 7) is 0. The number of nitrogens with zero attached hydrogens (tertiary/aromatic N) is 1. The lowest BCUT2D eigenvalue weighted by molar-refractivity contribution is 0.624. The second kappa shape index (κ2) is 3.68. The molecule has 0 saturated heterocycles. The molecular weight excluding hydrogens is 128 g/mol. The summed E-state index contributed by atoms with van der Waals surface area (Å²) >= 11 is 0. The van der Waals surface area contributed by atoms with E-state index in [-0.39, 0.29) is 14.0 Å². The molecule has 0 heterocycles. The van der Waals surface area contributed by atoms with Crippen LogP contribution in [0.15, 0.2) is 24.3 Å². The summed E-state index contributed by atoms with van der Waals surface area (Å²) in [5.41, 5.74) is 0.0949. The van der Waals surface area contributed by atoms with E-state index in [4.69, 9.17) is 5.26 Å². The van der Waals surface area contributed by atoms with Crippen molar-refractivity contribution in [2.24, 2.45) is 0 Å². The molecule has 0 saturated carbocycles. The highest BCUT2D eigenvalue weighted by atomic mass is 19.1. The predicted molar refractivity (Wildman–Crippen MR) is 41.1 cm³/mol. The number of hydrogen-bond acceptors (Lipinski definition) is 1. The highest BCUT2D eigenvalue weighted by Crippen LogP contribution is 2.02. The molecule has 0 aliphatic carbocycles. The molecule has 0 aliphatic heterocycles. The van der Waals surface area contributed by atoms with Gasteiger partial charge in [-0.3, -0.25) is 0 Å². The summed E-state index contributed by atoms with van der Waals surface area (Å²) in [5.74, 6) is -0.458. The van der Waals surface area contributed by atoms with Crippen molar-refractivity contribution in [2.75, 3.05) is 0 Å². The van der Waals surface area contributed by atoms with Crippen LogP contribution in [0.4, 0.5) is 4.39 Å². The first kappa shape index (κ1) is 8.70. The van der Waals surface area contributed by atoms with Crippen LogP contribution in [-0.4, -0.2) is 8.41 Å². The number of rotatable bonds is 0. The molecule has 3 heteroatoms. The van der Waals surface area contributed by atoms with Gasteiger partial charge in [0.15, 0.2) is 0 Å². The van der Waals surface area contributed by atoms with E-state index < -0.39 is 5.82 Å². The van der Waals surface area contributed by atoms with E-state index in [0.717, 1.165) is 0 Å². The van der Waals surface area contributed by atoms with Crippen LogP contribution in [0, 0.1) is 17.1 Å². The zero-order valence-corrected chi connectivity index (χ0v) is 4.63. The molecule has 0 N–H and O–H groups in total. The Hall–Kier alpha value is -1.30. The molecule has 0 aliphatic rings. The Morgan fingerprint density at radius 2 is 1.90 bits per heavy atom. The number of halogens is 1. The highest BCUT2D eigenvalue weighted by molar-refractivity contribution is 5.75. The van der Waals surface area contributed by atoms with E-state index >= 15 is 0 Å². The van der Waals surface area contributed by atoms with Gasteiger partial charge in [-0.15, -0.1) is 0 Å². The van der Waals surface area contributed by atoms with Gasteiger partial charge in [-0.05, 0) is 12.1 Å². The third-order valence-corrected chi connectivity index (χ3v) is 0.994. The molecule has 1 rings (SSSR count). The molecule has 0 fully saturated rings. The van der Waals surface area contributed by atoms with Crippen LogP contribution in [0.1, 0.15) is 5.56 Å². The van der Waals surface area contributed by atoms with Gasteiger partial charge in [0.2, 0.25) is 0 Å². The molecule has 0 spiro atoms. The van der Waals surface area contributed by atoms with Crippen LogP contribution < -0.4 is 0 Å². The molecule has 1 aromatic carbocycles. The van der Waals surface area contributed by atoms with Crippen molar-refractivity contribution in [3.63, 3.8) is 0 Å². The molecule has 0 radical (unpaired) electrons. The topological polar surface area (TPSA) is 23.8 Å². The SMILES string of the molecule is B.N#Cc1ccccc1F. The molecule has 0 amide bonds. The lowest BCUT2D eigenvalue weighted by Gasteiger charge is -1.86. The molecular formula is C7H7BFN. The average molecular weight is 135 g/mol. The van der Waals surface area contributed by atoms with Crippen molar-refractivity contribution in [3.8, 4) is 6.07 Å². The molecule has 0 unspecified atom stereocenters. The molecule has 0 bridgehead atoms. The average Bonchev–Trinajstić information content (AvgIpc) is 1.89. The third-order valence-electron chi connectivity index (χ3n) is 0.994. The van der Waals surface area contributed by atoms with Crippen LogP contribution in [0.3, 0.4) is 0 Å². The summed E-state index contributed by atoms with van der Waals surface area (Å²) in [4.78, 5) is 0. The quantitative estimate of drug-likeness (QED) is 0.475. The van der Waals surface area contributed by atoms with E-state index in [1.54, 1.807) is 18.2 Å². The standard InChI is InChI=1S/C7H4FN.BH3/c8-7-4-2-1-3-6(7)5-9;/h1-4H;1H3. The largest absolute Gasteiger partial charge is 0.206 e. The second-order valence-electron chi connectivity index (χ2n) is 1.59. The Kier molecular flexibility index (Phi) is 3.20. The zero-order valence-electron chi connectivity index (χ0n) is 4.63. The Balaban J connectivity index is 0.000000810. The Morgan fingerprint density at radius 1 is 1.30 bits per heavy atom. The molecule has 10 heavy (non-hydrogen) atoms. The van der Waals surface area contributed by atoms with Gasteiger partial charge in [0, 0.05) is 0 Å². The van der Waals surface area contributed by atoms with Gasteiger partial charge in [0.05, 0.1) is 14.0 Å². The fraction of sp³-hybridized carbons (Fsp3) is 0. The normalized spacial score (nSPS) is 7.60. The number of benzene rings is 1. The summed E-state index contributed by atoms with van der Waals surface area (Å²) in [5, 5.41) is 8.23. The van der Waals surface area contributed by atoms with Gasteiger partial charge in [-0.1, -0.05) is 12.1 Å². The molecule has 1 aromatic rings. The Morgan fingerprint density at radius 3 is 2.30 bits per heavy atom. The van der Waals surface area contributed by atoms with E-state index in [1.807, 2.05) is 0 Å². The van der Waals surface area contributed by atoms with Crippen molar-refractivity contribution in [2.45, 2.75) is 0 Å². The first-order chi connectivity index (χ1) is 4.34. The van der Waals surface area contributed by atoms with Crippen LogP contribution >= 0.6 is 0 Å². The van der Waals surface area contributed by atoms with Crippen LogP contribution in [0.5, 0.6) is 0 Å². The van der Waals surface area contributed by atoms with Crippen LogP contribution in [0.25, 0.3) is 0 Å². The minimum absolute atomic E-state index is 0. The van der Waals surface area contributed by atoms with Gasteiger partial charge in [0.25, 0.3) is 0 Å². The van der Waals surface area contributed by atoms with Crippen molar-refractivity contribution in [1.29, 1.82) is 5.26 Å². The summed E-state index contributed by atoms with van der Waals surface area (Å²) < 4.78 is 12.4. The lowest BCUT2D eigenvalue weighted by Crippen LogP contribution is -1.78. The first-order valence-corrected chi connectivity index (χ1v) is 2.49. The monoisotopic (exact) mass is 135 g/mol. The maximum Gasteiger partial charge on any atom is 0.140 e. The van der Waals surface area contributed by atoms with Crippen molar-refractivity contribution < 1.29 is 4.39 Å². The first-order valence-electron chi connectivity index (χ1n) is 2.49. The smallest absolute Gasteiger partial charge is 0.140 e. The van der Waals surface area contributed by atoms with Crippen molar-refractivity contribution in [3.05, 3.63) is 35.6 Å². The van der Waals surface area contributed by atoms with Gasteiger partial charge in [-0.25, -0.2) is 4.39 Å². The minimum Gasteiger partial charge on any atom is -0.206 e. The molecule has 50 valence electrons. The van der Waals surface area contributed by atoms with Crippen molar-refractivity contribution in [1.82, 2.24) is 0 Å². The maximum atomic E-state index is 12.4. The van der Waals surface area contributed by atoms with E-state index in [1.165, 1.54) is 12.1 Å². The Labute approximate surface area is 60.7 Å². The lowest BCUT2D eigenvalue weighted by atomic mass is 10.2. The number of nitriles is 1. The minimum atomic E-state index is -0.458. The number of hydrogen-bond donors (Lipinski definition) is 0. The fourth-order valence-corrected chi connectivity index (χ4v) is 0.552. The Bertz CT molecular complexity index is 254. The predicted octanol–water partition coefficient (Wildman–Crippen LogP) is 0.513. The van der Waals surface area contributed by atoms with E-state index in [0.29, 0.717) is 0 Å².